The predicted octanol–water partition coefficient (Wildman–Crippen LogP) is 3.39. The van der Waals surface area contributed by atoms with Gasteiger partial charge in [-0.25, -0.2) is 4.79 Å². The minimum absolute atomic E-state index is 0.173. The molecule has 2 aromatic carbocycles. The van der Waals surface area contributed by atoms with Gasteiger partial charge in [0, 0.05) is 11.8 Å². The lowest BCUT2D eigenvalue weighted by atomic mass is 10.2. The van der Waals surface area contributed by atoms with Crippen molar-refractivity contribution in [1.82, 2.24) is 5.32 Å². The van der Waals surface area contributed by atoms with Gasteiger partial charge in [0.2, 0.25) is 5.91 Å². The Labute approximate surface area is 151 Å². The van der Waals surface area contributed by atoms with Crippen molar-refractivity contribution in [2.45, 2.75) is 6.92 Å². The fourth-order valence-electron chi connectivity index (χ4n) is 1.96. The summed E-state index contributed by atoms with van der Waals surface area (Å²) in [6.45, 7) is 2.08. The van der Waals surface area contributed by atoms with Gasteiger partial charge in [0.1, 0.15) is 0 Å². The average molecular weight is 354 g/mol. The molecule has 0 atom stereocenters. The maximum Gasteiger partial charge on any atom is 0.338 e. The highest BCUT2D eigenvalue weighted by atomic mass is 32.1. The number of esters is 1. The van der Waals surface area contributed by atoms with Crippen LogP contribution in [0.5, 0.6) is 0 Å². The number of carbonyl (C=O) groups is 2. The molecule has 2 aromatic rings. The van der Waals surface area contributed by atoms with Crippen molar-refractivity contribution in [3.8, 4) is 0 Å². The van der Waals surface area contributed by atoms with Crippen molar-refractivity contribution in [1.29, 1.82) is 0 Å². The van der Waals surface area contributed by atoms with E-state index in [4.69, 9.17) is 17.0 Å². The Hall–Kier alpha value is -2.99. The maximum atomic E-state index is 11.8. The Kier molecular flexibility index (Phi) is 6.86. The van der Waals surface area contributed by atoms with Gasteiger partial charge in [0.25, 0.3) is 0 Å². The van der Waals surface area contributed by atoms with Gasteiger partial charge in [-0.2, -0.15) is 0 Å². The minimum atomic E-state index is -0.379. The molecule has 0 saturated heterocycles. The Morgan fingerprint density at radius 3 is 2.40 bits per heavy atom. The van der Waals surface area contributed by atoms with E-state index in [1.165, 1.54) is 6.08 Å². The molecule has 0 spiro atoms. The first-order chi connectivity index (χ1) is 12.1. The zero-order chi connectivity index (χ0) is 18.1. The summed E-state index contributed by atoms with van der Waals surface area (Å²) in [5, 5.41) is 5.61. The number of benzene rings is 2. The van der Waals surface area contributed by atoms with Gasteiger partial charge in [-0.3, -0.25) is 10.1 Å². The Morgan fingerprint density at radius 2 is 1.76 bits per heavy atom. The van der Waals surface area contributed by atoms with E-state index >= 15 is 0 Å². The number of thiocarbonyl (C=S) groups is 1. The molecule has 0 unspecified atom stereocenters. The van der Waals surface area contributed by atoms with E-state index in [-0.39, 0.29) is 17.0 Å². The van der Waals surface area contributed by atoms with Crippen LogP contribution >= 0.6 is 12.2 Å². The van der Waals surface area contributed by atoms with Crippen LogP contribution in [0.4, 0.5) is 5.69 Å². The highest BCUT2D eigenvalue weighted by Gasteiger charge is 2.06. The molecule has 0 aliphatic rings. The third-order valence-electron chi connectivity index (χ3n) is 3.12. The largest absolute Gasteiger partial charge is 0.462 e. The molecule has 2 rings (SSSR count). The fourth-order valence-corrected chi connectivity index (χ4v) is 2.17. The Bertz CT molecular complexity index is 771. The Morgan fingerprint density at radius 1 is 1.08 bits per heavy atom. The van der Waals surface area contributed by atoms with Gasteiger partial charge in [0.05, 0.1) is 12.2 Å². The van der Waals surface area contributed by atoms with Crippen molar-refractivity contribution in [2.75, 3.05) is 11.9 Å². The first-order valence-electron chi connectivity index (χ1n) is 7.71. The van der Waals surface area contributed by atoms with Gasteiger partial charge >= 0.3 is 5.97 Å². The summed E-state index contributed by atoms with van der Waals surface area (Å²) in [5.41, 5.74) is 2.03. The predicted molar refractivity (Wildman–Crippen MR) is 102 cm³/mol. The third-order valence-corrected chi connectivity index (χ3v) is 3.32. The fraction of sp³-hybridized carbons (Fsp3) is 0.105. The number of ether oxygens (including phenoxy) is 1. The van der Waals surface area contributed by atoms with Crippen LogP contribution < -0.4 is 10.6 Å². The zero-order valence-corrected chi connectivity index (χ0v) is 14.5. The first-order valence-corrected chi connectivity index (χ1v) is 8.11. The van der Waals surface area contributed by atoms with E-state index in [0.717, 1.165) is 5.56 Å². The molecule has 0 aliphatic carbocycles. The number of amides is 1. The van der Waals surface area contributed by atoms with Crippen LogP contribution in [0.25, 0.3) is 6.08 Å². The summed E-state index contributed by atoms with van der Waals surface area (Å²) in [5.74, 6) is -0.708. The molecule has 0 bridgehead atoms. The van der Waals surface area contributed by atoms with E-state index in [1.54, 1.807) is 37.3 Å². The van der Waals surface area contributed by atoms with Crippen LogP contribution in [0.2, 0.25) is 0 Å². The molecule has 0 saturated carbocycles. The molecule has 1 amide bonds. The van der Waals surface area contributed by atoms with E-state index in [0.29, 0.717) is 17.9 Å². The quantitative estimate of drug-likeness (QED) is 0.489. The van der Waals surface area contributed by atoms with Crippen LogP contribution in [0.1, 0.15) is 22.8 Å². The smallest absolute Gasteiger partial charge is 0.338 e. The second-order valence-electron chi connectivity index (χ2n) is 4.99. The molecule has 0 fully saturated rings. The van der Waals surface area contributed by atoms with E-state index in [2.05, 4.69) is 10.6 Å². The maximum absolute atomic E-state index is 11.8. The zero-order valence-electron chi connectivity index (χ0n) is 13.7. The van der Waals surface area contributed by atoms with E-state index < -0.39 is 0 Å². The van der Waals surface area contributed by atoms with E-state index in [9.17, 15) is 9.59 Å². The number of rotatable bonds is 5. The summed E-state index contributed by atoms with van der Waals surface area (Å²) in [7, 11) is 0. The molecule has 0 aliphatic heterocycles. The molecule has 25 heavy (non-hydrogen) atoms. The van der Waals surface area contributed by atoms with Crippen molar-refractivity contribution in [3.63, 3.8) is 0 Å². The molecule has 6 heteroatoms. The number of nitrogens with one attached hydrogen (secondary N) is 2. The van der Waals surface area contributed by atoms with Gasteiger partial charge in [0.15, 0.2) is 5.11 Å². The van der Waals surface area contributed by atoms with Gasteiger partial charge < -0.3 is 10.1 Å². The van der Waals surface area contributed by atoms with Crippen molar-refractivity contribution in [2.24, 2.45) is 0 Å². The lowest BCUT2D eigenvalue weighted by Gasteiger charge is -2.08. The first kappa shape index (κ1) is 18.4. The van der Waals surface area contributed by atoms with Crippen LogP contribution in [-0.4, -0.2) is 23.6 Å². The number of hydrogen-bond donors (Lipinski definition) is 2. The summed E-state index contributed by atoms with van der Waals surface area (Å²) in [4.78, 5) is 23.4. The van der Waals surface area contributed by atoms with Crippen LogP contribution in [-0.2, 0) is 9.53 Å². The normalized spacial score (nSPS) is 10.3. The van der Waals surface area contributed by atoms with Crippen LogP contribution in [0.3, 0.4) is 0 Å². The molecule has 0 radical (unpaired) electrons. The van der Waals surface area contributed by atoms with Crippen LogP contribution in [0, 0.1) is 0 Å². The van der Waals surface area contributed by atoms with Crippen molar-refractivity contribution in [3.05, 3.63) is 71.8 Å². The second-order valence-corrected chi connectivity index (χ2v) is 5.39. The molecule has 5 nitrogen and oxygen atoms in total. The average Bonchev–Trinajstić information content (AvgIpc) is 2.61. The lowest BCUT2D eigenvalue weighted by Crippen LogP contribution is -2.32. The number of hydrogen-bond acceptors (Lipinski definition) is 4. The lowest BCUT2D eigenvalue weighted by molar-refractivity contribution is -0.115. The molecular formula is C19H18N2O3S. The number of carbonyl (C=O) groups excluding carboxylic acids is 2. The summed E-state index contributed by atoms with van der Waals surface area (Å²) in [6.07, 6.45) is 3.11. The monoisotopic (exact) mass is 354 g/mol. The summed E-state index contributed by atoms with van der Waals surface area (Å²) in [6, 6.07) is 16.1. The second kappa shape index (κ2) is 9.34. The highest BCUT2D eigenvalue weighted by molar-refractivity contribution is 7.80. The summed E-state index contributed by atoms with van der Waals surface area (Å²) < 4.78 is 4.92. The van der Waals surface area contributed by atoms with Crippen LogP contribution in [0.15, 0.2) is 60.7 Å². The highest BCUT2D eigenvalue weighted by Crippen LogP contribution is 2.10. The van der Waals surface area contributed by atoms with Gasteiger partial charge in [-0.1, -0.05) is 30.3 Å². The Balaban J connectivity index is 1.86. The standard InChI is InChI=1S/C19H18N2O3S/c1-2-24-18(23)15-9-11-16(12-10-15)20-19(25)21-17(22)13-8-14-6-4-3-5-7-14/h3-13H,2H2,1H3,(H2,20,21,22,25). The van der Waals surface area contributed by atoms with Crippen molar-refractivity contribution >= 4 is 41.0 Å². The SMILES string of the molecule is CCOC(=O)c1ccc(NC(=S)NC(=O)C=Cc2ccccc2)cc1. The molecule has 0 heterocycles. The molecular weight excluding hydrogens is 336 g/mol. The third kappa shape index (κ3) is 6.19. The molecule has 0 aromatic heterocycles. The van der Waals surface area contributed by atoms with E-state index in [1.807, 2.05) is 30.3 Å². The molecule has 128 valence electrons. The van der Waals surface area contributed by atoms with Crippen molar-refractivity contribution < 1.29 is 14.3 Å². The number of anilines is 1. The molecule has 2 N–H and O–H groups in total. The van der Waals surface area contributed by atoms with Gasteiger partial charge in [-0.15, -0.1) is 0 Å². The minimum Gasteiger partial charge on any atom is -0.462 e. The topological polar surface area (TPSA) is 67.4 Å². The van der Waals surface area contributed by atoms with Gasteiger partial charge in [-0.05, 0) is 55.0 Å². The summed E-state index contributed by atoms with van der Waals surface area (Å²) >= 11 is 5.10.